The van der Waals surface area contributed by atoms with E-state index in [1.54, 1.807) is 0 Å². The molecule has 3 nitrogen and oxygen atoms in total. The van der Waals surface area contributed by atoms with E-state index in [1.165, 1.54) is 12.8 Å². The summed E-state index contributed by atoms with van der Waals surface area (Å²) in [7, 11) is 0. The van der Waals surface area contributed by atoms with Crippen molar-refractivity contribution in [3.8, 4) is 0 Å². The van der Waals surface area contributed by atoms with Crippen LogP contribution < -0.4 is 10.6 Å². The molecule has 0 amide bonds. The predicted molar refractivity (Wildman–Crippen MR) is 84.7 cm³/mol. The van der Waals surface area contributed by atoms with Gasteiger partial charge in [0.25, 0.3) is 0 Å². The van der Waals surface area contributed by atoms with Gasteiger partial charge < -0.3 is 15.5 Å². The Morgan fingerprint density at radius 3 is 2.00 bits per heavy atom. The van der Waals surface area contributed by atoms with Crippen LogP contribution in [0.5, 0.6) is 0 Å². The number of hydrogen-bond acceptors (Lipinski definition) is 3. The molecule has 114 valence electrons. The molecule has 0 spiro atoms. The molecular formula is C16H35N3. The van der Waals surface area contributed by atoms with Gasteiger partial charge >= 0.3 is 0 Å². The van der Waals surface area contributed by atoms with Crippen LogP contribution in [0.2, 0.25) is 0 Å². The number of hydrogen-bond donors (Lipinski definition) is 2. The quantitative estimate of drug-likeness (QED) is 0.776. The molecule has 0 aromatic heterocycles. The molecule has 0 aliphatic carbocycles. The Morgan fingerprint density at radius 2 is 1.58 bits per heavy atom. The average Bonchev–Trinajstić information content (AvgIpc) is 2.21. The molecule has 1 fully saturated rings. The number of rotatable bonds is 6. The first-order valence-corrected chi connectivity index (χ1v) is 7.95. The van der Waals surface area contributed by atoms with Crippen molar-refractivity contribution in [2.75, 3.05) is 19.6 Å². The van der Waals surface area contributed by atoms with Crippen molar-refractivity contribution in [3.63, 3.8) is 0 Å². The van der Waals surface area contributed by atoms with Crippen LogP contribution in [-0.2, 0) is 0 Å². The van der Waals surface area contributed by atoms with E-state index in [0.717, 1.165) is 19.6 Å². The Morgan fingerprint density at radius 1 is 1.11 bits per heavy atom. The van der Waals surface area contributed by atoms with E-state index in [2.05, 4.69) is 64.0 Å². The molecule has 0 aromatic carbocycles. The molecule has 0 radical (unpaired) electrons. The van der Waals surface area contributed by atoms with Gasteiger partial charge in [0.15, 0.2) is 0 Å². The highest BCUT2D eigenvalue weighted by Crippen LogP contribution is 2.28. The molecule has 0 bridgehead atoms. The predicted octanol–water partition coefficient (Wildman–Crippen LogP) is 2.62. The molecule has 1 unspecified atom stereocenters. The van der Waals surface area contributed by atoms with Crippen LogP contribution >= 0.6 is 0 Å². The molecule has 1 rings (SSSR count). The van der Waals surface area contributed by atoms with Crippen molar-refractivity contribution in [3.05, 3.63) is 0 Å². The van der Waals surface area contributed by atoms with Crippen molar-refractivity contribution >= 4 is 0 Å². The fourth-order valence-electron chi connectivity index (χ4n) is 3.76. The highest BCUT2D eigenvalue weighted by Gasteiger charge is 2.37. The van der Waals surface area contributed by atoms with Crippen molar-refractivity contribution < 1.29 is 0 Å². The second-order valence-corrected chi connectivity index (χ2v) is 7.55. The van der Waals surface area contributed by atoms with Gasteiger partial charge in [-0.25, -0.2) is 0 Å². The molecular weight excluding hydrogens is 234 g/mol. The van der Waals surface area contributed by atoms with Gasteiger partial charge in [-0.15, -0.1) is 0 Å². The Labute approximate surface area is 120 Å². The van der Waals surface area contributed by atoms with Gasteiger partial charge in [0, 0.05) is 29.7 Å². The maximum atomic E-state index is 3.85. The van der Waals surface area contributed by atoms with Crippen molar-refractivity contribution in [1.82, 2.24) is 15.5 Å². The highest BCUT2D eigenvalue weighted by atomic mass is 15.2. The molecule has 1 atom stereocenters. The first-order chi connectivity index (χ1) is 8.67. The summed E-state index contributed by atoms with van der Waals surface area (Å²) in [6.07, 6.45) is 2.41. The standard InChI is InChI=1S/C16H35N3/c1-8-19(9-2)12-13(3)17-14-10-15(4,5)18-16(6,7)11-14/h13-14,17-18H,8-12H2,1-7H3. The van der Waals surface area contributed by atoms with Crippen LogP contribution in [0, 0.1) is 0 Å². The van der Waals surface area contributed by atoms with Crippen molar-refractivity contribution in [2.24, 2.45) is 0 Å². The van der Waals surface area contributed by atoms with E-state index in [9.17, 15) is 0 Å². The van der Waals surface area contributed by atoms with Gasteiger partial charge in [0.2, 0.25) is 0 Å². The van der Waals surface area contributed by atoms with Crippen LogP contribution in [0.15, 0.2) is 0 Å². The second-order valence-electron chi connectivity index (χ2n) is 7.55. The molecule has 3 heteroatoms. The summed E-state index contributed by atoms with van der Waals surface area (Å²) in [5.74, 6) is 0. The fourth-order valence-corrected chi connectivity index (χ4v) is 3.76. The summed E-state index contributed by atoms with van der Waals surface area (Å²) in [6.45, 7) is 19.5. The normalized spacial score (nSPS) is 24.6. The van der Waals surface area contributed by atoms with Crippen LogP contribution in [0.25, 0.3) is 0 Å². The summed E-state index contributed by atoms with van der Waals surface area (Å²) < 4.78 is 0. The van der Waals surface area contributed by atoms with Gasteiger partial charge in [-0.1, -0.05) is 13.8 Å². The van der Waals surface area contributed by atoms with E-state index >= 15 is 0 Å². The zero-order valence-corrected chi connectivity index (χ0v) is 14.1. The molecule has 1 saturated heterocycles. The molecule has 0 saturated carbocycles. The largest absolute Gasteiger partial charge is 0.310 e. The van der Waals surface area contributed by atoms with Crippen molar-refractivity contribution in [1.29, 1.82) is 0 Å². The molecule has 1 heterocycles. The van der Waals surface area contributed by atoms with E-state index in [4.69, 9.17) is 0 Å². The topological polar surface area (TPSA) is 27.3 Å². The van der Waals surface area contributed by atoms with Crippen LogP contribution in [0.4, 0.5) is 0 Å². The maximum absolute atomic E-state index is 3.85. The lowest BCUT2D eigenvalue weighted by atomic mass is 9.79. The van der Waals surface area contributed by atoms with Crippen LogP contribution in [-0.4, -0.2) is 47.7 Å². The summed E-state index contributed by atoms with van der Waals surface area (Å²) in [5.41, 5.74) is 0.461. The monoisotopic (exact) mass is 269 g/mol. The van der Waals surface area contributed by atoms with Crippen LogP contribution in [0.3, 0.4) is 0 Å². The number of likely N-dealkylation sites (N-methyl/N-ethyl adjacent to an activating group) is 1. The molecule has 1 aliphatic heterocycles. The number of nitrogens with one attached hydrogen (secondary N) is 2. The minimum absolute atomic E-state index is 0.230. The lowest BCUT2D eigenvalue weighted by Crippen LogP contribution is -2.62. The first kappa shape index (κ1) is 16.9. The smallest absolute Gasteiger partial charge is 0.0169 e. The highest BCUT2D eigenvalue weighted by molar-refractivity contribution is 5.00. The molecule has 0 aromatic rings. The third-order valence-electron chi connectivity index (χ3n) is 4.14. The SMILES string of the molecule is CCN(CC)CC(C)NC1CC(C)(C)NC(C)(C)C1. The summed E-state index contributed by atoms with van der Waals surface area (Å²) >= 11 is 0. The van der Waals surface area contributed by atoms with Gasteiger partial charge in [-0.2, -0.15) is 0 Å². The second kappa shape index (κ2) is 6.55. The van der Waals surface area contributed by atoms with Crippen LogP contribution in [0.1, 0.15) is 61.3 Å². The first-order valence-electron chi connectivity index (χ1n) is 7.95. The van der Waals surface area contributed by atoms with Gasteiger partial charge in [0.1, 0.15) is 0 Å². The van der Waals surface area contributed by atoms with E-state index in [1.807, 2.05) is 0 Å². The minimum Gasteiger partial charge on any atom is -0.310 e. The fraction of sp³-hybridized carbons (Fsp3) is 1.00. The molecule has 19 heavy (non-hydrogen) atoms. The van der Waals surface area contributed by atoms with Gasteiger partial charge in [-0.3, -0.25) is 0 Å². The summed E-state index contributed by atoms with van der Waals surface area (Å²) in [6, 6.07) is 1.19. The zero-order valence-electron chi connectivity index (χ0n) is 14.1. The lowest BCUT2D eigenvalue weighted by molar-refractivity contribution is 0.135. The number of piperidine rings is 1. The van der Waals surface area contributed by atoms with Gasteiger partial charge in [0.05, 0.1) is 0 Å². The Bertz CT molecular complexity index is 253. The Kier molecular flexibility index (Phi) is 5.84. The maximum Gasteiger partial charge on any atom is 0.0169 e. The van der Waals surface area contributed by atoms with E-state index in [-0.39, 0.29) is 11.1 Å². The lowest BCUT2D eigenvalue weighted by Gasteiger charge is -2.47. The third-order valence-corrected chi connectivity index (χ3v) is 4.14. The zero-order chi connectivity index (χ0) is 14.7. The van der Waals surface area contributed by atoms with E-state index < -0.39 is 0 Å². The Balaban J connectivity index is 2.51. The van der Waals surface area contributed by atoms with Gasteiger partial charge in [-0.05, 0) is 60.5 Å². The number of nitrogens with zero attached hydrogens (tertiary/aromatic N) is 1. The summed E-state index contributed by atoms with van der Waals surface area (Å²) in [4.78, 5) is 2.50. The minimum atomic E-state index is 0.230. The van der Waals surface area contributed by atoms with E-state index in [0.29, 0.717) is 12.1 Å². The summed E-state index contributed by atoms with van der Waals surface area (Å²) in [5, 5.41) is 7.60. The average molecular weight is 269 g/mol. The molecule has 1 aliphatic rings. The van der Waals surface area contributed by atoms with Crippen molar-refractivity contribution in [2.45, 2.75) is 84.5 Å². The Hall–Kier alpha value is -0.120. The third kappa shape index (κ3) is 5.80. The molecule has 2 N–H and O–H groups in total.